The average Bonchev–Trinajstić information content (AvgIpc) is 2.59. The molecular formula is C19H21N3O4. The number of amides is 2. The molecule has 0 bridgehead atoms. The fourth-order valence-electron chi connectivity index (χ4n) is 2.50. The van der Waals surface area contributed by atoms with Crippen LogP contribution < -0.4 is 10.6 Å². The number of nitrogens with zero attached hydrogens (tertiary/aromatic N) is 1. The quantitative estimate of drug-likeness (QED) is 0.613. The van der Waals surface area contributed by atoms with Crippen LogP contribution in [0.1, 0.15) is 29.8 Å². The molecule has 0 fully saturated rings. The number of carbonyl (C=O) groups is 2. The van der Waals surface area contributed by atoms with Gasteiger partial charge in [-0.3, -0.25) is 19.7 Å². The molecule has 0 aliphatic rings. The van der Waals surface area contributed by atoms with Crippen molar-refractivity contribution in [1.82, 2.24) is 5.32 Å². The first kappa shape index (κ1) is 19.1. The molecule has 2 aromatic rings. The molecule has 2 rings (SSSR count). The van der Waals surface area contributed by atoms with Crippen LogP contribution in [0.3, 0.4) is 0 Å². The van der Waals surface area contributed by atoms with E-state index in [0.29, 0.717) is 11.3 Å². The zero-order valence-electron chi connectivity index (χ0n) is 14.9. The molecule has 2 N–H and O–H groups in total. The Balaban J connectivity index is 2.15. The fraction of sp³-hybridized carbons (Fsp3) is 0.263. The Labute approximate surface area is 151 Å². The maximum Gasteiger partial charge on any atom is 0.271 e. The van der Waals surface area contributed by atoms with E-state index in [1.54, 1.807) is 18.2 Å². The lowest BCUT2D eigenvalue weighted by Crippen LogP contribution is -2.47. The summed E-state index contributed by atoms with van der Waals surface area (Å²) in [6.07, 6.45) is 0. The van der Waals surface area contributed by atoms with E-state index < -0.39 is 16.9 Å². The van der Waals surface area contributed by atoms with Gasteiger partial charge in [0.25, 0.3) is 11.6 Å². The molecule has 0 aliphatic carbocycles. The summed E-state index contributed by atoms with van der Waals surface area (Å²) in [5.74, 6) is -0.930. The lowest BCUT2D eigenvalue weighted by Gasteiger charge is -2.22. The number of hydrogen-bond acceptors (Lipinski definition) is 4. The third-order valence-corrected chi connectivity index (χ3v) is 3.95. The van der Waals surface area contributed by atoms with Gasteiger partial charge in [0.15, 0.2) is 0 Å². The first-order chi connectivity index (χ1) is 12.3. The van der Waals surface area contributed by atoms with E-state index >= 15 is 0 Å². The molecule has 0 aromatic heterocycles. The highest BCUT2D eigenvalue weighted by Gasteiger charge is 2.25. The Morgan fingerprint density at radius 1 is 1.08 bits per heavy atom. The maximum absolute atomic E-state index is 12.6. The second-order valence-electron chi connectivity index (χ2n) is 6.31. The third kappa shape index (κ3) is 4.66. The number of anilines is 1. The molecule has 0 saturated heterocycles. The Kier molecular flexibility index (Phi) is 6.06. The smallest absolute Gasteiger partial charge is 0.271 e. The van der Waals surface area contributed by atoms with Gasteiger partial charge in [-0.05, 0) is 30.5 Å². The van der Waals surface area contributed by atoms with Crippen LogP contribution in [0.5, 0.6) is 0 Å². The van der Waals surface area contributed by atoms with Gasteiger partial charge in [-0.2, -0.15) is 0 Å². The van der Waals surface area contributed by atoms with Crippen molar-refractivity contribution in [3.05, 3.63) is 69.8 Å². The first-order valence-electron chi connectivity index (χ1n) is 8.21. The fourth-order valence-corrected chi connectivity index (χ4v) is 2.50. The Morgan fingerprint density at radius 2 is 1.77 bits per heavy atom. The number of rotatable bonds is 6. The number of hydrogen-bond donors (Lipinski definition) is 2. The molecule has 2 aromatic carbocycles. The molecule has 7 heteroatoms. The van der Waals surface area contributed by atoms with Gasteiger partial charge in [-0.1, -0.05) is 38.1 Å². The Morgan fingerprint density at radius 3 is 2.38 bits per heavy atom. The summed E-state index contributed by atoms with van der Waals surface area (Å²) in [5, 5.41) is 16.2. The van der Waals surface area contributed by atoms with E-state index in [-0.39, 0.29) is 17.5 Å². The van der Waals surface area contributed by atoms with Gasteiger partial charge in [-0.15, -0.1) is 0 Å². The number of nitrogens with one attached hydrogen (secondary N) is 2. The molecule has 2 amide bonds. The lowest BCUT2D eigenvalue weighted by atomic mass is 10.0. The van der Waals surface area contributed by atoms with Gasteiger partial charge in [0.1, 0.15) is 6.04 Å². The summed E-state index contributed by atoms with van der Waals surface area (Å²) < 4.78 is 0. The van der Waals surface area contributed by atoms with Crippen molar-refractivity contribution in [2.24, 2.45) is 5.92 Å². The number of nitro groups is 1. The molecule has 26 heavy (non-hydrogen) atoms. The second kappa shape index (κ2) is 8.24. The van der Waals surface area contributed by atoms with Crippen LogP contribution in [0.2, 0.25) is 0 Å². The van der Waals surface area contributed by atoms with Crippen LogP contribution in [0.25, 0.3) is 0 Å². The third-order valence-electron chi connectivity index (χ3n) is 3.95. The molecule has 0 radical (unpaired) electrons. The zero-order valence-corrected chi connectivity index (χ0v) is 14.9. The average molecular weight is 355 g/mol. The van der Waals surface area contributed by atoms with Crippen molar-refractivity contribution in [3.8, 4) is 0 Å². The predicted octanol–water partition coefficient (Wildman–Crippen LogP) is 3.30. The van der Waals surface area contributed by atoms with Crippen LogP contribution in [0.15, 0.2) is 48.5 Å². The summed E-state index contributed by atoms with van der Waals surface area (Å²) in [6.45, 7) is 5.45. The van der Waals surface area contributed by atoms with Crippen molar-refractivity contribution in [2.45, 2.75) is 26.8 Å². The molecular weight excluding hydrogens is 334 g/mol. The van der Waals surface area contributed by atoms with Crippen LogP contribution in [0.4, 0.5) is 11.4 Å². The number of nitro benzene ring substituents is 1. The second-order valence-corrected chi connectivity index (χ2v) is 6.31. The Hall–Kier alpha value is -3.22. The minimum Gasteiger partial charge on any atom is -0.340 e. The van der Waals surface area contributed by atoms with Gasteiger partial charge in [0, 0.05) is 23.4 Å². The Bertz CT molecular complexity index is 833. The summed E-state index contributed by atoms with van der Waals surface area (Å²) in [5.41, 5.74) is 1.50. The van der Waals surface area contributed by atoms with Crippen molar-refractivity contribution < 1.29 is 14.5 Å². The number of non-ortho nitro benzene ring substituents is 1. The van der Waals surface area contributed by atoms with E-state index in [4.69, 9.17) is 0 Å². The molecule has 0 unspecified atom stereocenters. The van der Waals surface area contributed by atoms with Gasteiger partial charge in [0.05, 0.1) is 4.92 Å². The largest absolute Gasteiger partial charge is 0.340 e. The van der Waals surface area contributed by atoms with Gasteiger partial charge >= 0.3 is 0 Å². The minimum atomic E-state index is -0.777. The lowest BCUT2D eigenvalue weighted by molar-refractivity contribution is -0.384. The normalized spacial score (nSPS) is 11.7. The number of benzene rings is 2. The summed E-state index contributed by atoms with van der Waals surface area (Å²) >= 11 is 0. The van der Waals surface area contributed by atoms with Crippen LogP contribution in [-0.4, -0.2) is 22.8 Å². The SMILES string of the molecule is Cc1ccccc1C(=O)N[C@H](C(=O)Nc1cccc([N+](=O)[O-])c1)C(C)C. The van der Waals surface area contributed by atoms with E-state index in [9.17, 15) is 19.7 Å². The molecule has 0 saturated carbocycles. The van der Waals surface area contributed by atoms with Crippen molar-refractivity contribution in [3.63, 3.8) is 0 Å². The zero-order chi connectivity index (χ0) is 19.3. The van der Waals surface area contributed by atoms with E-state index in [1.807, 2.05) is 32.9 Å². The van der Waals surface area contributed by atoms with Crippen LogP contribution in [0, 0.1) is 23.0 Å². The number of aryl methyl sites for hydroxylation is 1. The van der Waals surface area contributed by atoms with Gasteiger partial charge < -0.3 is 10.6 Å². The topological polar surface area (TPSA) is 101 Å². The summed E-state index contributed by atoms with van der Waals surface area (Å²) in [6, 6.07) is 12.0. The summed E-state index contributed by atoms with van der Waals surface area (Å²) in [7, 11) is 0. The molecule has 7 nitrogen and oxygen atoms in total. The van der Waals surface area contributed by atoms with E-state index in [0.717, 1.165) is 5.56 Å². The minimum absolute atomic E-state index is 0.118. The van der Waals surface area contributed by atoms with E-state index in [1.165, 1.54) is 18.2 Å². The van der Waals surface area contributed by atoms with Gasteiger partial charge in [0.2, 0.25) is 5.91 Å². The molecule has 0 aliphatic heterocycles. The van der Waals surface area contributed by atoms with Gasteiger partial charge in [-0.25, -0.2) is 0 Å². The molecule has 0 heterocycles. The highest BCUT2D eigenvalue weighted by Crippen LogP contribution is 2.18. The molecule has 1 atom stereocenters. The van der Waals surface area contributed by atoms with Crippen molar-refractivity contribution in [1.29, 1.82) is 0 Å². The first-order valence-corrected chi connectivity index (χ1v) is 8.21. The van der Waals surface area contributed by atoms with E-state index in [2.05, 4.69) is 10.6 Å². The predicted molar refractivity (Wildman–Crippen MR) is 99.0 cm³/mol. The highest BCUT2D eigenvalue weighted by atomic mass is 16.6. The van der Waals surface area contributed by atoms with Crippen LogP contribution in [-0.2, 0) is 4.79 Å². The highest BCUT2D eigenvalue weighted by molar-refractivity contribution is 6.02. The molecule has 136 valence electrons. The van der Waals surface area contributed by atoms with Crippen LogP contribution >= 0.6 is 0 Å². The van der Waals surface area contributed by atoms with Crippen molar-refractivity contribution >= 4 is 23.2 Å². The molecule has 0 spiro atoms. The van der Waals surface area contributed by atoms with Crippen molar-refractivity contribution in [2.75, 3.05) is 5.32 Å². The summed E-state index contributed by atoms with van der Waals surface area (Å²) in [4.78, 5) is 35.4. The number of carbonyl (C=O) groups excluding carboxylic acids is 2. The standard InChI is InChI=1S/C19H21N3O4/c1-12(2)17(21-18(23)16-10-5-4-7-13(16)3)19(24)20-14-8-6-9-15(11-14)22(25)26/h4-12,17H,1-3H3,(H,20,24)(H,21,23)/t17-/m0/s1. The maximum atomic E-state index is 12.6. The monoisotopic (exact) mass is 355 g/mol.